The van der Waals surface area contributed by atoms with Gasteiger partial charge in [0.05, 0.1) is 12.0 Å². The Bertz CT molecular complexity index is 541. The summed E-state index contributed by atoms with van der Waals surface area (Å²) in [4.78, 5) is 12.6. The third-order valence-electron chi connectivity index (χ3n) is 4.15. The summed E-state index contributed by atoms with van der Waals surface area (Å²) >= 11 is 0. The van der Waals surface area contributed by atoms with Gasteiger partial charge in [-0.15, -0.1) is 6.58 Å². The van der Waals surface area contributed by atoms with E-state index in [0.29, 0.717) is 44.8 Å². The van der Waals surface area contributed by atoms with Gasteiger partial charge in [0.25, 0.3) is 0 Å². The monoisotopic (exact) mass is 321 g/mol. The smallest absolute Gasteiger partial charge is 0.226 e. The molecule has 1 unspecified atom stereocenters. The van der Waals surface area contributed by atoms with Crippen LogP contribution in [0.1, 0.15) is 26.2 Å². The Morgan fingerprint density at radius 2 is 2.26 bits per heavy atom. The van der Waals surface area contributed by atoms with Crippen LogP contribution in [0.15, 0.2) is 36.9 Å². The molecule has 2 rings (SSSR count). The number of halogens is 1. The van der Waals surface area contributed by atoms with E-state index in [0.717, 1.165) is 0 Å². The van der Waals surface area contributed by atoms with E-state index in [4.69, 9.17) is 9.47 Å². The molecule has 0 bridgehead atoms. The van der Waals surface area contributed by atoms with Crippen LogP contribution in [0.3, 0.4) is 0 Å². The zero-order valence-electron chi connectivity index (χ0n) is 13.5. The number of benzene rings is 1. The van der Waals surface area contributed by atoms with Gasteiger partial charge >= 0.3 is 0 Å². The number of amides is 1. The van der Waals surface area contributed by atoms with Crippen LogP contribution in [0.5, 0.6) is 5.75 Å². The van der Waals surface area contributed by atoms with Crippen LogP contribution in [0.2, 0.25) is 0 Å². The standard InChI is InChI=1S/C18H24FNO3/c1-3-7-18(8-10-22-11-9-18)17(21)20-13-14(2)23-16-6-4-5-15(19)12-16/h3-6,12,14H,1,7-11,13H2,2H3,(H,20,21). The first kappa shape index (κ1) is 17.5. The fourth-order valence-electron chi connectivity index (χ4n) is 2.80. The van der Waals surface area contributed by atoms with Gasteiger partial charge in [0, 0.05) is 19.3 Å². The Morgan fingerprint density at radius 3 is 2.91 bits per heavy atom. The molecule has 0 aliphatic carbocycles. The zero-order valence-corrected chi connectivity index (χ0v) is 13.5. The molecule has 1 atom stereocenters. The number of nitrogens with one attached hydrogen (secondary N) is 1. The van der Waals surface area contributed by atoms with E-state index in [2.05, 4.69) is 11.9 Å². The first-order chi connectivity index (χ1) is 11.1. The molecule has 4 nitrogen and oxygen atoms in total. The van der Waals surface area contributed by atoms with Crippen LogP contribution in [-0.2, 0) is 9.53 Å². The summed E-state index contributed by atoms with van der Waals surface area (Å²) in [6, 6.07) is 5.98. The van der Waals surface area contributed by atoms with Crippen molar-refractivity contribution in [3.8, 4) is 5.75 Å². The minimum atomic E-state index is -0.432. The molecule has 1 heterocycles. The number of ether oxygens (including phenoxy) is 2. The Hall–Kier alpha value is -1.88. The molecule has 1 fully saturated rings. The fourth-order valence-corrected chi connectivity index (χ4v) is 2.80. The summed E-state index contributed by atoms with van der Waals surface area (Å²) < 4.78 is 24.1. The van der Waals surface area contributed by atoms with E-state index in [-0.39, 0.29) is 17.8 Å². The number of allylic oxidation sites excluding steroid dienone is 1. The molecule has 1 aliphatic rings. The van der Waals surface area contributed by atoms with E-state index >= 15 is 0 Å². The highest BCUT2D eigenvalue weighted by Crippen LogP contribution is 2.34. The molecule has 126 valence electrons. The van der Waals surface area contributed by atoms with Crippen molar-refractivity contribution in [2.75, 3.05) is 19.8 Å². The van der Waals surface area contributed by atoms with Gasteiger partial charge in [-0.1, -0.05) is 12.1 Å². The summed E-state index contributed by atoms with van der Waals surface area (Å²) in [5.74, 6) is 0.125. The highest BCUT2D eigenvalue weighted by Gasteiger charge is 2.38. The zero-order chi connectivity index (χ0) is 16.7. The van der Waals surface area contributed by atoms with E-state index in [1.54, 1.807) is 18.2 Å². The van der Waals surface area contributed by atoms with Crippen molar-refractivity contribution in [1.29, 1.82) is 0 Å². The largest absolute Gasteiger partial charge is 0.489 e. The van der Waals surface area contributed by atoms with Gasteiger partial charge in [-0.25, -0.2) is 4.39 Å². The topological polar surface area (TPSA) is 47.6 Å². The van der Waals surface area contributed by atoms with Gasteiger partial charge < -0.3 is 14.8 Å². The predicted molar refractivity (Wildman–Crippen MR) is 86.8 cm³/mol. The van der Waals surface area contributed by atoms with Gasteiger partial charge in [-0.05, 0) is 38.3 Å². The van der Waals surface area contributed by atoms with Crippen LogP contribution in [0, 0.1) is 11.2 Å². The summed E-state index contributed by atoms with van der Waals surface area (Å²) in [6.07, 6.45) is 3.58. The fraction of sp³-hybridized carbons (Fsp3) is 0.500. The first-order valence-corrected chi connectivity index (χ1v) is 7.95. The molecule has 0 radical (unpaired) electrons. The lowest BCUT2D eigenvalue weighted by Gasteiger charge is -2.35. The second-order valence-electron chi connectivity index (χ2n) is 5.98. The van der Waals surface area contributed by atoms with Crippen molar-refractivity contribution in [3.63, 3.8) is 0 Å². The van der Waals surface area contributed by atoms with Crippen LogP contribution in [0.4, 0.5) is 4.39 Å². The second-order valence-corrected chi connectivity index (χ2v) is 5.98. The average molecular weight is 321 g/mol. The molecule has 0 aromatic heterocycles. The Labute approximate surface area is 136 Å². The molecular weight excluding hydrogens is 297 g/mol. The normalized spacial score (nSPS) is 18.0. The lowest BCUT2D eigenvalue weighted by molar-refractivity contribution is -0.136. The van der Waals surface area contributed by atoms with Gasteiger partial charge in [0.15, 0.2) is 0 Å². The van der Waals surface area contributed by atoms with E-state index < -0.39 is 5.41 Å². The number of carbonyl (C=O) groups is 1. The maximum atomic E-state index is 13.1. The lowest BCUT2D eigenvalue weighted by Crippen LogP contribution is -2.46. The van der Waals surface area contributed by atoms with Crippen molar-refractivity contribution in [3.05, 3.63) is 42.7 Å². The summed E-state index contributed by atoms with van der Waals surface area (Å²) in [5.41, 5.74) is -0.432. The van der Waals surface area contributed by atoms with Gasteiger partial charge in [-0.2, -0.15) is 0 Å². The van der Waals surface area contributed by atoms with E-state index in [1.165, 1.54) is 12.1 Å². The summed E-state index contributed by atoms with van der Waals surface area (Å²) in [5, 5.41) is 2.95. The predicted octanol–water partition coefficient (Wildman–Crippen LogP) is 3.08. The van der Waals surface area contributed by atoms with Crippen LogP contribution in [0.25, 0.3) is 0 Å². The molecule has 1 saturated heterocycles. The third-order valence-corrected chi connectivity index (χ3v) is 4.15. The molecule has 1 aliphatic heterocycles. The maximum absolute atomic E-state index is 13.1. The van der Waals surface area contributed by atoms with E-state index in [1.807, 2.05) is 6.92 Å². The number of hydrogen-bond donors (Lipinski definition) is 1. The van der Waals surface area contributed by atoms with Crippen LogP contribution < -0.4 is 10.1 Å². The molecule has 1 N–H and O–H groups in total. The second kappa shape index (κ2) is 8.11. The number of carbonyl (C=O) groups excluding carboxylic acids is 1. The Kier molecular flexibility index (Phi) is 6.16. The van der Waals surface area contributed by atoms with Crippen molar-refractivity contribution < 1.29 is 18.7 Å². The molecule has 23 heavy (non-hydrogen) atoms. The highest BCUT2D eigenvalue weighted by atomic mass is 19.1. The van der Waals surface area contributed by atoms with Crippen LogP contribution in [-0.4, -0.2) is 31.8 Å². The van der Waals surface area contributed by atoms with Gasteiger partial charge in [-0.3, -0.25) is 4.79 Å². The molecular formula is C18H24FNO3. The van der Waals surface area contributed by atoms with Crippen LogP contribution >= 0.6 is 0 Å². The van der Waals surface area contributed by atoms with Gasteiger partial charge in [0.2, 0.25) is 5.91 Å². The SMILES string of the molecule is C=CCC1(C(=O)NCC(C)Oc2cccc(F)c2)CCOCC1. The number of rotatable bonds is 7. The Balaban J connectivity index is 1.88. The minimum Gasteiger partial charge on any atom is -0.489 e. The molecule has 1 amide bonds. The number of hydrogen-bond acceptors (Lipinski definition) is 3. The molecule has 1 aromatic carbocycles. The quantitative estimate of drug-likeness (QED) is 0.785. The molecule has 1 aromatic rings. The maximum Gasteiger partial charge on any atom is 0.226 e. The summed E-state index contributed by atoms with van der Waals surface area (Å²) in [6.45, 7) is 7.16. The van der Waals surface area contributed by atoms with Crippen molar-refractivity contribution in [2.45, 2.75) is 32.3 Å². The van der Waals surface area contributed by atoms with E-state index in [9.17, 15) is 9.18 Å². The first-order valence-electron chi connectivity index (χ1n) is 7.95. The Morgan fingerprint density at radius 1 is 1.52 bits per heavy atom. The van der Waals surface area contributed by atoms with Crippen molar-refractivity contribution in [2.24, 2.45) is 5.41 Å². The summed E-state index contributed by atoms with van der Waals surface area (Å²) in [7, 11) is 0. The highest BCUT2D eigenvalue weighted by molar-refractivity contribution is 5.83. The molecule has 0 saturated carbocycles. The van der Waals surface area contributed by atoms with Gasteiger partial charge in [0.1, 0.15) is 17.7 Å². The molecule has 0 spiro atoms. The average Bonchev–Trinajstić information content (AvgIpc) is 2.54. The molecule has 5 heteroatoms. The lowest BCUT2D eigenvalue weighted by atomic mass is 9.76. The minimum absolute atomic E-state index is 0.00962. The third kappa shape index (κ3) is 4.79. The van der Waals surface area contributed by atoms with Crippen molar-refractivity contribution in [1.82, 2.24) is 5.32 Å². The van der Waals surface area contributed by atoms with Crippen molar-refractivity contribution >= 4 is 5.91 Å².